The molecule has 0 saturated heterocycles. The fraction of sp³-hybridized carbons (Fsp3) is 0.571. The van der Waals surface area contributed by atoms with Gasteiger partial charge in [0.1, 0.15) is 6.04 Å². The summed E-state index contributed by atoms with van der Waals surface area (Å²) >= 11 is 0. The van der Waals surface area contributed by atoms with E-state index < -0.39 is 12.2 Å². The average molecular weight is 259 g/mol. The highest BCUT2D eigenvalue weighted by Gasteiger charge is 2.39. The van der Waals surface area contributed by atoms with E-state index in [-0.39, 0.29) is 11.0 Å². The maximum atomic E-state index is 12.7. The normalized spacial score (nSPS) is 14.7. The summed E-state index contributed by atoms with van der Waals surface area (Å²) in [7, 11) is 0. The Kier molecular flexibility index (Phi) is 3.82. The van der Waals surface area contributed by atoms with Crippen molar-refractivity contribution >= 4 is 0 Å². The second kappa shape index (κ2) is 4.57. The van der Waals surface area contributed by atoms with Crippen LogP contribution in [0.3, 0.4) is 0 Å². The largest absolute Gasteiger partial charge is 0.407 e. The lowest BCUT2D eigenvalue weighted by molar-refractivity contribution is -0.149. The zero-order valence-corrected chi connectivity index (χ0v) is 11.4. The van der Waals surface area contributed by atoms with Crippen LogP contribution in [0.2, 0.25) is 0 Å². The molecule has 0 aliphatic carbocycles. The average Bonchev–Trinajstić information content (AvgIpc) is 2.13. The zero-order chi connectivity index (χ0) is 14.3. The van der Waals surface area contributed by atoms with Crippen molar-refractivity contribution in [2.24, 2.45) is 5.73 Å². The molecule has 0 aliphatic heterocycles. The first kappa shape index (κ1) is 15.0. The maximum absolute atomic E-state index is 12.7. The van der Waals surface area contributed by atoms with Crippen LogP contribution >= 0.6 is 0 Å². The van der Waals surface area contributed by atoms with Crippen molar-refractivity contribution in [1.29, 1.82) is 0 Å². The number of halogens is 3. The third-order valence-corrected chi connectivity index (χ3v) is 3.12. The molecule has 2 N–H and O–H groups in total. The lowest BCUT2D eigenvalue weighted by atomic mass is 9.82. The van der Waals surface area contributed by atoms with Crippen molar-refractivity contribution in [2.75, 3.05) is 0 Å². The Balaban J connectivity index is 3.34. The van der Waals surface area contributed by atoms with Crippen LogP contribution in [-0.4, -0.2) is 6.18 Å². The molecule has 0 aromatic heterocycles. The number of rotatable bonds is 1. The number of alkyl halides is 3. The van der Waals surface area contributed by atoms with Crippen molar-refractivity contribution in [2.45, 2.75) is 52.3 Å². The SMILES string of the molecule is Cc1cc(C(C)(C)C)cc(C)c1C(N)C(F)(F)F. The molecule has 1 nitrogen and oxygen atoms in total. The van der Waals surface area contributed by atoms with Gasteiger partial charge in [0.15, 0.2) is 0 Å². The quantitative estimate of drug-likeness (QED) is 0.805. The molecule has 0 heterocycles. The van der Waals surface area contributed by atoms with Gasteiger partial charge in [0, 0.05) is 0 Å². The van der Waals surface area contributed by atoms with E-state index in [4.69, 9.17) is 5.73 Å². The molecule has 0 radical (unpaired) electrons. The van der Waals surface area contributed by atoms with Crippen LogP contribution in [0.25, 0.3) is 0 Å². The minimum absolute atomic E-state index is 0.0869. The van der Waals surface area contributed by atoms with E-state index in [1.807, 2.05) is 20.8 Å². The fourth-order valence-electron chi connectivity index (χ4n) is 2.06. The van der Waals surface area contributed by atoms with Crippen LogP contribution in [0.1, 0.15) is 49.1 Å². The molecule has 4 heteroatoms. The van der Waals surface area contributed by atoms with Crippen LogP contribution in [0.15, 0.2) is 12.1 Å². The second-order valence-corrected chi connectivity index (χ2v) is 5.79. The van der Waals surface area contributed by atoms with E-state index in [9.17, 15) is 13.2 Å². The smallest absolute Gasteiger partial charge is 0.316 e. The van der Waals surface area contributed by atoms with Gasteiger partial charge in [-0.2, -0.15) is 13.2 Å². The maximum Gasteiger partial charge on any atom is 0.407 e. The van der Waals surface area contributed by atoms with Crippen LogP contribution in [-0.2, 0) is 5.41 Å². The lowest BCUT2D eigenvalue weighted by Gasteiger charge is -2.25. The van der Waals surface area contributed by atoms with Gasteiger partial charge in [-0.05, 0) is 41.5 Å². The summed E-state index contributed by atoms with van der Waals surface area (Å²) in [5.41, 5.74) is 7.64. The molecular formula is C14H20F3N. The molecule has 0 fully saturated rings. The first-order valence-electron chi connectivity index (χ1n) is 5.88. The highest BCUT2D eigenvalue weighted by molar-refractivity contribution is 5.42. The number of aryl methyl sites for hydroxylation is 2. The Morgan fingerprint density at radius 3 is 1.67 bits per heavy atom. The summed E-state index contributed by atoms with van der Waals surface area (Å²) in [4.78, 5) is 0. The molecule has 1 aromatic rings. The van der Waals surface area contributed by atoms with Crippen LogP contribution in [0.4, 0.5) is 13.2 Å². The molecule has 0 aliphatic rings. The Hall–Kier alpha value is -1.03. The topological polar surface area (TPSA) is 26.0 Å². The highest BCUT2D eigenvalue weighted by atomic mass is 19.4. The van der Waals surface area contributed by atoms with Crippen LogP contribution in [0.5, 0.6) is 0 Å². The Morgan fingerprint density at radius 2 is 1.39 bits per heavy atom. The van der Waals surface area contributed by atoms with Gasteiger partial charge in [0.25, 0.3) is 0 Å². The zero-order valence-electron chi connectivity index (χ0n) is 11.4. The minimum atomic E-state index is -4.40. The predicted octanol–water partition coefficient (Wildman–Crippen LogP) is 4.16. The van der Waals surface area contributed by atoms with E-state index in [0.717, 1.165) is 5.56 Å². The summed E-state index contributed by atoms with van der Waals surface area (Å²) in [5.74, 6) is 0. The monoisotopic (exact) mass is 259 g/mol. The van der Waals surface area contributed by atoms with Gasteiger partial charge in [-0.1, -0.05) is 32.9 Å². The van der Waals surface area contributed by atoms with E-state index in [1.54, 1.807) is 26.0 Å². The van der Waals surface area contributed by atoms with Gasteiger partial charge >= 0.3 is 6.18 Å². The van der Waals surface area contributed by atoms with Gasteiger partial charge in [-0.15, -0.1) is 0 Å². The van der Waals surface area contributed by atoms with Crippen molar-refractivity contribution in [3.8, 4) is 0 Å². The molecule has 0 bridgehead atoms. The molecule has 0 amide bonds. The van der Waals surface area contributed by atoms with Crippen molar-refractivity contribution in [1.82, 2.24) is 0 Å². The van der Waals surface area contributed by atoms with Gasteiger partial charge in [0.2, 0.25) is 0 Å². The number of hydrogen-bond acceptors (Lipinski definition) is 1. The Labute approximate surface area is 106 Å². The van der Waals surface area contributed by atoms with Gasteiger partial charge in [0.05, 0.1) is 0 Å². The third-order valence-electron chi connectivity index (χ3n) is 3.12. The summed E-state index contributed by atoms with van der Waals surface area (Å²) in [6.45, 7) is 9.46. The molecule has 102 valence electrons. The third kappa shape index (κ3) is 3.05. The van der Waals surface area contributed by atoms with E-state index in [1.165, 1.54) is 0 Å². The predicted molar refractivity (Wildman–Crippen MR) is 67.6 cm³/mol. The Bertz CT molecular complexity index is 418. The van der Waals surface area contributed by atoms with Crippen molar-refractivity contribution in [3.63, 3.8) is 0 Å². The van der Waals surface area contributed by atoms with Gasteiger partial charge in [-0.25, -0.2) is 0 Å². The van der Waals surface area contributed by atoms with E-state index in [2.05, 4.69) is 0 Å². The molecule has 1 aromatic carbocycles. The molecular weight excluding hydrogens is 239 g/mol. The van der Waals surface area contributed by atoms with Crippen molar-refractivity contribution < 1.29 is 13.2 Å². The summed E-state index contributed by atoms with van der Waals surface area (Å²) in [5, 5.41) is 0. The minimum Gasteiger partial charge on any atom is -0.316 e. The molecule has 0 saturated carbocycles. The number of benzene rings is 1. The molecule has 0 spiro atoms. The highest BCUT2D eigenvalue weighted by Crippen LogP contribution is 2.36. The van der Waals surface area contributed by atoms with Gasteiger partial charge < -0.3 is 5.73 Å². The standard InChI is InChI=1S/C14H20F3N/c1-8-6-10(13(3,4)5)7-9(2)11(8)12(18)14(15,16)17/h6-7,12H,18H2,1-5H3. The molecule has 1 unspecified atom stereocenters. The molecule has 18 heavy (non-hydrogen) atoms. The molecule has 1 rings (SSSR count). The summed E-state index contributed by atoms with van der Waals surface area (Å²) in [6, 6.07) is 1.69. The van der Waals surface area contributed by atoms with E-state index in [0.29, 0.717) is 11.1 Å². The van der Waals surface area contributed by atoms with Crippen molar-refractivity contribution in [3.05, 3.63) is 34.4 Å². The van der Waals surface area contributed by atoms with Crippen LogP contribution in [0, 0.1) is 13.8 Å². The fourth-order valence-corrected chi connectivity index (χ4v) is 2.06. The first-order chi connectivity index (χ1) is 7.94. The summed E-state index contributed by atoms with van der Waals surface area (Å²) in [6.07, 6.45) is -4.40. The second-order valence-electron chi connectivity index (χ2n) is 5.79. The first-order valence-corrected chi connectivity index (χ1v) is 5.88. The summed E-state index contributed by atoms with van der Waals surface area (Å²) < 4.78 is 38.1. The van der Waals surface area contributed by atoms with E-state index >= 15 is 0 Å². The van der Waals surface area contributed by atoms with Gasteiger partial charge in [-0.3, -0.25) is 0 Å². The van der Waals surface area contributed by atoms with Crippen LogP contribution < -0.4 is 5.73 Å². The Morgan fingerprint density at radius 1 is 1.00 bits per heavy atom. The molecule has 1 atom stereocenters. The number of hydrogen-bond donors (Lipinski definition) is 1. The number of nitrogens with two attached hydrogens (primary N) is 1. The lowest BCUT2D eigenvalue weighted by Crippen LogP contribution is -2.30.